The van der Waals surface area contributed by atoms with Gasteiger partial charge in [-0.15, -0.1) is 11.6 Å². The Balaban J connectivity index is 2.28. The third-order valence-electron chi connectivity index (χ3n) is 2.51. The lowest BCUT2D eigenvalue weighted by Crippen LogP contribution is -2.28. The monoisotopic (exact) mass is 239 g/mol. The quantitative estimate of drug-likeness (QED) is 0.545. The molecular weight excluding hydrogens is 222 g/mol. The minimum atomic E-state index is -2.75. The van der Waals surface area contributed by atoms with Crippen LogP contribution in [-0.4, -0.2) is 50.3 Å². The van der Waals surface area contributed by atoms with Gasteiger partial charge in [0.1, 0.15) is 0 Å². The van der Waals surface area contributed by atoms with Crippen molar-refractivity contribution >= 4 is 21.4 Å². The van der Waals surface area contributed by atoms with Crippen molar-refractivity contribution < 1.29 is 8.42 Å². The Hall–Kier alpha value is 0.200. The summed E-state index contributed by atoms with van der Waals surface area (Å²) in [7, 11) is -2.75. The van der Waals surface area contributed by atoms with Gasteiger partial charge in [-0.25, -0.2) is 8.42 Å². The van der Waals surface area contributed by atoms with Crippen molar-refractivity contribution in [1.29, 1.82) is 0 Å². The highest BCUT2D eigenvalue weighted by molar-refractivity contribution is 7.91. The van der Waals surface area contributed by atoms with Crippen LogP contribution >= 0.6 is 11.6 Å². The zero-order chi connectivity index (χ0) is 10.4. The van der Waals surface area contributed by atoms with E-state index in [1.54, 1.807) is 0 Å². The third kappa shape index (κ3) is 4.62. The van der Waals surface area contributed by atoms with Gasteiger partial charge in [-0.3, -0.25) is 0 Å². The number of unbranched alkanes of at least 4 members (excludes halogenated alkanes) is 1. The van der Waals surface area contributed by atoms with Crippen LogP contribution < -0.4 is 0 Å². The van der Waals surface area contributed by atoms with Crippen LogP contribution in [0.15, 0.2) is 0 Å². The molecule has 5 heteroatoms. The second-order valence-corrected chi connectivity index (χ2v) is 6.42. The maximum absolute atomic E-state index is 11.3. The number of hydrogen-bond acceptors (Lipinski definition) is 3. The molecule has 0 unspecified atom stereocenters. The standard InChI is InChI=1S/C9H18ClNO2S/c10-4-1-2-5-11-6-3-8-14(12,13)9-7-11/h1-9H2. The van der Waals surface area contributed by atoms with Crippen LogP contribution in [0.25, 0.3) is 0 Å². The van der Waals surface area contributed by atoms with E-state index < -0.39 is 9.84 Å². The summed E-state index contributed by atoms with van der Waals surface area (Å²) in [6, 6.07) is 0. The van der Waals surface area contributed by atoms with Crippen LogP contribution in [0.3, 0.4) is 0 Å². The summed E-state index contributed by atoms with van der Waals surface area (Å²) in [6.07, 6.45) is 2.87. The van der Waals surface area contributed by atoms with Gasteiger partial charge in [-0.1, -0.05) is 0 Å². The molecule has 0 N–H and O–H groups in total. The molecule has 1 aliphatic rings. The SMILES string of the molecule is O=S1(=O)CCCN(CCCCCl)CC1. The summed E-state index contributed by atoms with van der Waals surface area (Å²) >= 11 is 5.58. The number of rotatable bonds is 4. The Morgan fingerprint density at radius 1 is 1.14 bits per heavy atom. The molecule has 14 heavy (non-hydrogen) atoms. The first-order chi connectivity index (χ1) is 6.64. The van der Waals surface area contributed by atoms with E-state index in [1.807, 2.05) is 0 Å². The number of halogens is 1. The predicted molar refractivity (Wildman–Crippen MR) is 59.7 cm³/mol. The summed E-state index contributed by atoms with van der Waals surface area (Å²) in [6.45, 7) is 2.61. The van der Waals surface area contributed by atoms with Gasteiger partial charge in [0.15, 0.2) is 9.84 Å². The fourth-order valence-corrected chi connectivity index (χ4v) is 3.14. The van der Waals surface area contributed by atoms with Crippen LogP contribution in [0, 0.1) is 0 Å². The van der Waals surface area contributed by atoms with Crippen LogP contribution in [0.2, 0.25) is 0 Å². The van der Waals surface area contributed by atoms with E-state index >= 15 is 0 Å². The van der Waals surface area contributed by atoms with Gasteiger partial charge in [-0.05, 0) is 32.4 Å². The Bertz CT molecular complexity index is 254. The third-order valence-corrected chi connectivity index (χ3v) is 4.49. The fourth-order valence-electron chi connectivity index (χ4n) is 1.64. The van der Waals surface area contributed by atoms with E-state index in [4.69, 9.17) is 11.6 Å². The lowest BCUT2D eigenvalue weighted by atomic mass is 10.3. The molecule has 1 saturated heterocycles. The molecule has 0 radical (unpaired) electrons. The predicted octanol–water partition coefficient (Wildman–Crippen LogP) is 1.13. The lowest BCUT2D eigenvalue weighted by Gasteiger charge is -2.18. The molecule has 0 bridgehead atoms. The smallest absolute Gasteiger partial charge is 0.151 e. The highest BCUT2D eigenvalue weighted by Gasteiger charge is 2.18. The van der Waals surface area contributed by atoms with Gasteiger partial charge in [0.25, 0.3) is 0 Å². The van der Waals surface area contributed by atoms with Crippen molar-refractivity contribution in [2.24, 2.45) is 0 Å². The molecule has 1 rings (SSSR count). The van der Waals surface area contributed by atoms with Gasteiger partial charge in [0.05, 0.1) is 11.5 Å². The molecule has 3 nitrogen and oxygen atoms in total. The summed E-state index contributed by atoms with van der Waals surface area (Å²) in [5.74, 6) is 1.39. The zero-order valence-electron chi connectivity index (χ0n) is 8.41. The molecule has 0 aromatic heterocycles. The maximum atomic E-state index is 11.3. The van der Waals surface area contributed by atoms with Crippen molar-refractivity contribution in [3.63, 3.8) is 0 Å². The molecule has 0 amide bonds. The molecule has 0 saturated carbocycles. The van der Waals surface area contributed by atoms with Gasteiger partial charge < -0.3 is 4.90 Å². The fraction of sp³-hybridized carbons (Fsp3) is 1.00. The Labute approximate surface area is 91.3 Å². The number of alkyl halides is 1. The topological polar surface area (TPSA) is 37.4 Å². The first-order valence-corrected chi connectivity index (χ1v) is 7.48. The average Bonchev–Trinajstić information content (AvgIpc) is 2.28. The number of hydrogen-bond donors (Lipinski definition) is 0. The highest BCUT2D eigenvalue weighted by atomic mass is 35.5. The summed E-state index contributed by atoms with van der Waals surface area (Å²) in [5.41, 5.74) is 0. The molecule has 1 heterocycles. The second kappa shape index (κ2) is 5.93. The van der Waals surface area contributed by atoms with Crippen molar-refractivity contribution in [3.05, 3.63) is 0 Å². The van der Waals surface area contributed by atoms with E-state index in [2.05, 4.69) is 4.90 Å². The lowest BCUT2D eigenvalue weighted by molar-refractivity contribution is 0.291. The molecular formula is C9H18ClNO2S. The zero-order valence-corrected chi connectivity index (χ0v) is 9.99. The summed E-state index contributed by atoms with van der Waals surface area (Å²) in [5, 5.41) is 0. The van der Waals surface area contributed by atoms with Crippen LogP contribution in [0.1, 0.15) is 19.3 Å². The van der Waals surface area contributed by atoms with Crippen molar-refractivity contribution in [1.82, 2.24) is 4.90 Å². The van der Waals surface area contributed by atoms with Crippen molar-refractivity contribution in [3.8, 4) is 0 Å². The first-order valence-electron chi connectivity index (χ1n) is 5.13. The van der Waals surface area contributed by atoms with Crippen molar-refractivity contribution in [2.75, 3.05) is 37.0 Å². The van der Waals surface area contributed by atoms with Gasteiger partial charge >= 0.3 is 0 Å². The maximum Gasteiger partial charge on any atom is 0.151 e. The second-order valence-electron chi connectivity index (χ2n) is 3.74. The van der Waals surface area contributed by atoms with E-state index in [1.165, 1.54) is 0 Å². The normalized spacial score (nSPS) is 23.2. The minimum Gasteiger partial charge on any atom is -0.302 e. The van der Waals surface area contributed by atoms with Crippen LogP contribution in [0.5, 0.6) is 0 Å². The largest absolute Gasteiger partial charge is 0.302 e. The van der Waals surface area contributed by atoms with Crippen LogP contribution in [-0.2, 0) is 9.84 Å². The van der Waals surface area contributed by atoms with Gasteiger partial charge in [-0.2, -0.15) is 0 Å². The van der Waals surface area contributed by atoms with Crippen LogP contribution in [0.4, 0.5) is 0 Å². The Kier molecular flexibility index (Phi) is 5.20. The molecule has 0 atom stereocenters. The molecule has 0 spiro atoms. The number of sulfone groups is 1. The highest BCUT2D eigenvalue weighted by Crippen LogP contribution is 2.06. The van der Waals surface area contributed by atoms with E-state index in [0.717, 1.165) is 32.4 Å². The molecule has 84 valence electrons. The van der Waals surface area contributed by atoms with E-state index in [9.17, 15) is 8.42 Å². The average molecular weight is 240 g/mol. The van der Waals surface area contributed by atoms with E-state index in [0.29, 0.717) is 23.9 Å². The summed E-state index contributed by atoms with van der Waals surface area (Å²) < 4.78 is 22.6. The van der Waals surface area contributed by atoms with Gasteiger partial charge in [0, 0.05) is 12.4 Å². The molecule has 0 aromatic rings. The molecule has 0 aliphatic carbocycles. The molecule has 1 aliphatic heterocycles. The Morgan fingerprint density at radius 3 is 2.64 bits per heavy atom. The molecule has 0 aromatic carbocycles. The molecule has 1 fully saturated rings. The number of nitrogens with zero attached hydrogens (tertiary/aromatic N) is 1. The van der Waals surface area contributed by atoms with Gasteiger partial charge in [0.2, 0.25) is 0 Å². The first kappa shape index (κ1) is 12.3. The summed E-state index contributed by atoms with van der Waals surface area (Å²) in [4.78, 5) is 2.23. The van der Waals surface area contributed by atoms with Crippen molar-refractivity contribution in [2.45, 2.75) is 19.3 Å². The Morgan fingerprint density at radius 2 is 1.93 bits per heavy atom. The minimum absolute atomic E-state index is 0.327. The van der Waals surface area contributed by atoms with E-state index in [-0.39, 0.29) is 0 Å².